The molecule has 10 saturated heterocycles. The molecule has 0 spiro atoms. The Labute approximate surface area is 767 Å². The van der Waals surface area contributed by atoms with E-state index >= 15 is 0 Å². The molecule has 12 aromatic heterocycles. The van der Waals surface area contributed by atoms with Crippen LogP contribution in [0.15, 0.2) is 122 Å². The highest BCUT2D eigenvalue weighted by molar-refractivity contribution is 6.28. The summed E-state index contributed by atoms with van der Waals surface area (Å²) in [7, 11) is 1.31. The Morgan fingerprint density at radius 3 is 1.16 bits per heavy atom. The van der Waals surface area contributed by atoms with Crippen LogP contribution < -0.4 is 20.0 Å². The molecule has 0 saturated carbocycles. The van der Waals surface area contributed by atoms with Gasteiger partial charge in [-0.1, -0.05) is 48.5 Å². The van der Waals surface area contributed by atoms with Crippen molar-refractivity contribution in [3.63, 3.8) is 0 Å². The molecule has 10 aliphatic heterocycles. The molecule has 2 N–H and O–H groups in total. The van der Waals surface area contributed by atoms with Crippen molar-refractivity contribution in [2.24, 2.45) is 0 Å². The zero-order valence-electron chi connectivity index (χ0n) is 73.0. The van der Waals surface area contributed by atoms with Gasteiger partial charge in [-0.05, 0) is 157 Å². The van der Waals surface area contributed by atoms with Crippen LogP contribution in [0.4, 0.5) is 53.0 Å². The number of morpholine rings is 4. The second-order valence-corrected chi connectivity index (χ2v) is 35.2. The third kappa shape index (κ3) is 16.8. The van der Waals surface area contributed by atoms with Crippen LogP contribution in [0, 0.1) is 0 Å². The van der Waals surface area contributed by atoms with Gasteiger partial charge in [-0.3, -0.25) is 27.4 Å². The van der Waals surface area contributed by atoms with E-state index in [0.29, 0.717) is 177 Å². The number of methoxy groups -OCH3 is 1. The number of aromatic amines is 1. The lowest BCUT2D eigenvalue weighted by Gasteiger charge is -2.32. The van der Waals surface area contributed by atoms with Gasteiger partial charge in [0.05, 0.1) is 125 Å². The van der Waals surface area contributed by atoms with E-state index in [1.807, 2.05) is 15.5 Å². The Hall–Kier alpha value is -12.7. The fraction of sp³-hybridized carbons (Fsp3) is 0.456. The van der Waals surface area contributed by atoms with Crippen molar-refractivity contribution in [1.29, 1.82) is 0 Å². The molecule has 26 rings (SSSR count). The minimum atomic E-state index is -2.84. The molecule has 45 heteroatoms. The number of para-hydroxylation sites is 8. The number of aromatic nitrogens is 24. The van der Waals surface area contributed by atoms with Gasteiger partial charge in [-0.2, -0.15) is 39.9 Å². The summed E-state index contributed by atoms with van der Waals surface area (Å²) in [6.07, 6.45) is 10.7. The van der Waals surface area contributed by atoms with Gasteiger partial charge in [0.15, 0.2) is 85.7 Å². The minimum absolute atomic E-state index is 0.0574. The number of halogens is 9. The highest BCUT2D eigenvalue weighted by Gasteiger charge is 2.42. The molecule has 11 unspecified atom stereocenters. The van der Waals surface area contributed by atoms with Crippen molar-refractivity contribution in [3.05, 3.63) is 151 Å². The Kier molecular flexibility index (Phi) is 23.9. The molecule has 702 valence electrons. The Balaban J connectivity index is 0.000000102. The summed E-state index contributed by atoms with van der Waals surface area (Å²) in [4.78, 5) is 92.9. The van der Waals surface area contributed by atoms with Gasteiger partial charge in [0, 0.05) is 65.6 Å². The van der Waals surface area contributed by atoms with Gasteiger partial charge in [-0.15, -0.1) is 0 Å². The maximum Gasteiger partial charge on any atom is 0.328 e. The van der Waals surface area contributed by atoms with Crippen LogP contribution in [0.25, 0.3) is 112 Å². The number of imidazole rings is 8. The first-order chi connectivity index (χ1) is 65.8. The first kappa shape index (κ1) is 87.6. The topological polar surface area (TPSA) is 360 Å². The number of ether oxygens (including phenoxy) is 7. The molecule has 16 aromatic rings. The molecule has 36 nitrogen and oxygen atoms in total. The number of hydrogen-bond acceptors (Lipinski definition) is 28. The zero-order chi connectivity index (χ0) is 92.0. The molecule has 22 heterocycles. The van der Waals surface area contributed by atoms with Crippen LogP contribution in [0.1, 0.15) is 164 Å². The van der Waals surface area contributed by atoms with E-state index in [-0.39, 0.29) is 83.2 Å². The molecule has 8 bridgehead atoms. The van der Waals surface area contributed by atoms with Crippen LogP contribution in [0.5, 0.6) is 0 Å². The van der Waals surface area contributed by atoms with E-state index in [0.717, 1.165) is 90.1 Å². The molecule has 10 aliphatic rings. The molecular weight excluding hydrogens is 1790 g/mol. The summed E-state index contributed by atoms with van der Waals surface area (Å²) < 4.78 is 163. The van der Waals surface area contributed by atoms with Gasteiger partial charge >= 0.3 is 5.97 Å². The number of carbonyl (C=O) groups excluding carboxylic acids is 1. The zero-order valence-corrected chi connectivity index (χ0v) is 73.7. The summed E-state index contributed by atoms with van der Waals surface area (Å²) in [5.41, 5.74) is 7.31. The summed E-state index contributed by atoms with van der Waals surface area (Å²) in [5.74, 6) is 0.277. The third-order valence-electron chi connectivity index (χ3n) is 26.2. The molecule has 4 aromatic carbocycles. The maximum atomic E-state index is 14.2. The molecule has 0 amide bonds. The lowest BCUT2D eigenvalue weighted by molar-refractivity contribution is -0.143. The highest BCUT2D eigenvalue weighted by atomic mass is 35.5. The number of anilines is 3. The van der Waals surface area contributed by atoms with E-state index in [1.54, 1.807) is 120 Å². The van der Waals surface area contributed by atoms with E-state index < -0.39 is 49.4 Å². The third-order valence-corrected chi connectivity index (χ3v) is 26.4. The van der Waals surface area contributed by atoms with Crippen molar-refractivity contribution in [2.75, 3.05) is 87.4 Å². The van der Waals surface area contributed by atoms with Gasteiger partial charge in [0.1, 0.15) is 24.0 Å². The van der Waals surface area contributed by atoms with Gasteiger partial charge < -0.3 is 62.7 Å². The summed E-state index contributed by atoms with van der Waals surface area (Å²) in [6, 6.07) is 27.2. The second-order valence-electron chi connectivity index (χ2n) is 34.9. The number of carbonyl (C=O) groups is 1. The van der Waals surface area contributed by atoms with Gasteiger partial charge in [-0.25, -0.2) is 79.8 Å². The molecule has 0 radical (unpaired) electrons. The minimum Gasteiger partial charge on any atom is -0.467 e. The van der Waals surface area contributed by atoms with Gasteiger partial charge in [0.25, 0.3) is 25.7 Å². The van der Waals surface area contributed by atoms with E-state index in [2.05, 4.69) is 74.9 Å². The van der Waals surface area contributed by atoms with E-state index in [4.69, 9.17) is 69.7 Å². The van der Waals surface area contributed by atoms with Crippen LogP contribution in [-0.2, 0) is 38.0 Å². The number of hydrogen-bond donors (Lipinski definition) is 2. The number of alkyl halides is 8. The monoisotopic (exact) mass is 1880 g/mol. The average molecular weight is 1880 g/mol. The van der Waals surface area contributed by atoms with E-state index in [1.165, 1.54) is 50.9 Å². The average Bonchev–Trinajstić information content (AvgIpc) is 1.59. The normalized spacial score (nSPS) is 22.8. The smallest absolute Gasteiger partial charge is 0.328 e. The first-order valence-electron chi connectivity index (χ1n) is 45.4. The fourth-order valence-corrected chi connectivity index (χ4v) is 20.0. The number of rotatable bonds is 15. The Morgan fingerprint density at radius 1 is 0.407 bits per heavy atom. The number of nitrogens with zero attached hydrogens (tertiary/aromatic N) is 26. The largest absolute Gasteiger partial charge is 0.467 e. The molecule has 0 aliphatic carbocycles. The van der Waals surface area contributed by atoms with Crippen molar-refractivity contribution >= 4 is 124 Å². The molecule has 135 heavy (non-hydrogen) atoms. The quantitative estimate of drug-likeness (QED) is 0.0547. The standard InChI is InChI=1S/C24H25F2N7O2.C23H23F2N7O3.C19H17F2N7O.C18H15ClF2N6O.C6H11NO/c25-20(26)23-28-16-5-1-2-6-17(16)33(23)22-19-21(32(13-27-19)18-7-3-4-10-34-18)29-24(30-22)31-11-14-8-9-15(12-31)35-14;1-12(22(33)34-2)31-11-26-17-19(31)28-23(30-9-13-7-8-14(10-30)35-13)29-20(17)32-16-6-4-3-5-15(16)27-21(32)18(24)25;20-15(21)18-24-12-3-1-2-4-13(12)28(18)17-14-16(23-9-22-14)25-19(26-17)27-7-10-5-6-11(8-27)29-10;19-18-24-15-13(22-9-26(15)12-7-3-4-8-28-12)16(25-18)27-11-6-2-1-5-10(11)23-17(27)14(20)21;1-2-6-4-7-3-5(1)8-6/h1-2,5-6,13-15,18,20H,3-4,7-12H2;3-6,11-14,18H,7-10H2,1-2H3;1-4,9-11,15H,5-8H2,(H,22,23,25,26);1-2,5-6,9,12,14H,3-4,7-8H2;5-7H,1-4H2. The maximum absolute atomic E-state index is 14.2. The van der Waals surface area contributed by atoms with Crippen molar-refractivity contribution < 1.29 is 73.1 Å². The van der Waals surface area contributed by atoms with Gasteiger partial charge in [0.2, 0.25) is 23.1 Å². The lowest BCUT2D eigenvalue weighted by Crippen LogP contribution is -2.43. The summed E-state index contributed by atoms with van der Waals surface area (Å²) >= 11 is 6.17. The molecule has 10 fully saturated rings. The van der Waals surface area contributed by atoms with Crippen molar-refractivity contribution in [3.8, 4) is 23.3 Å². The predicted octanol–water partition coefficient (Wildman–Crippen LogP) is 15.0. The lowest BCUT2D eigenvalue weighted by atomic mass is 10.2. The highest BCUT2D eigenvalue weighted by Crippen LogP contribution is 2.42. The molecular formula is C90H91ClF8N28O8. The summed E-state index contributed by atoms with van der Waals surface area (Å²) in [5, 5.41) is 3.26. The van der Waals surface area contributed by atoms with E-state index in [9.17, 15) is 39.9 Å². The second kappa shape index (κ2) is 36.8. The van der Waals surface area contributed by atoms with Crippen LogP contribution in [-0.4, -0.2) is 244 Å². The van der Waals surface area contributed by atoms with Crippen LogP contribution in [0.3, 0.4) is 0 Å². The number of esters is 1. The number of benzene rings is 4. The number of nitrogens with one attached hydrogen (secondary N) is 2. The Bertz CT molecular complexity index is 7030. The SMILES string of the molecule is C1CC2CNCC1O2.COC(=O)C(C)n1cnc2c(-n3c(C(F)F)nc4ccccc43)nc(N3CC4CCC(C3)O4)nc21.FC(F)c1nc2ccccc2n1-c1nc(Cl)nc2c1ncn2C1CCCCO1.FC(F)c1nc2ccccc2n1-c1nc(N2CC3CCC(C2)O3)nc2c1ncn2C1CCCCO1.FC(F)c1nc2ccccc2n1-c1nc(N2CC3CCC(C2)O3)nc2nc[nH]c12. The fourth-order valence-electron chi connectivity index (χ4n) is 19.9. The van der Waals surface area contributed by atoms with Crippen LogP contribution >= 0.6 is 11.6 Å². The predicted molar refractivity (Wildman–Crippen MR) is 476 cm³/mol. The molecule has 11 atom stereocenters. The first-order valence-corrected chi connectivity index (χ1v) is 45.8. The summed E-state index contributed by atoms with van der Waals surface area (Å²) in [6.45, 7) is 9.03. The van der Waals surface area contributed by atoms with Crippen molar-refractivity contribution in [2.45, 2.75) is 190 Å². The number of H-pyrrole nitrogens is 1. The van der Waals surface area contributed by atoms with Crippen molar-refractivity contribution in [1.82, 2.24) is 122 Å². The Morgan fingerprint density at radius 2 is 0.763 bits per heavy atom. The van der Waals surface area contributed by atoms with Crippen LogP contribution in [0.2, 0.25) is 5.28 Å². The number of fused-ring (bicyclic) bond motifs is 16.